The van der Waals surface area contributed by atoms with Crippen LogP contribution in [0.2, 0.25) is 0 Å². The zero-order valence-corrected chi connectivity index (χ0v) is 12.7. The lowest BCUT2D eigenvalue weighted by atomic mass is 10.0. The molecule has 0 saturated heterocycles. The number of hydrogen-bond donors (Lipinski definition) is 1. The molecule has 0 fully saturated rings. The Labute approximate surface area is 122 Å². The first-order chi connectivity index (χ1) is 9.54. The first-order valence-corrected chi connectivity index (χ1v) is 7.54. The number of nitrogens with zero attached hydrogens (tertiary/aromatic N) is 2. The van der Waals surface area contributed by atoms with Crippen LogP contribution in [0.1, 0.15) is 43.0 Å². The molecule has 1 unspecified atom stereocenters. The Balaban J connectivity index is 2.02. The second kappa shape index (κ2) is 6.65. The predicted octanol–water partition coefficient (Wildman–Crippen LogP) is 2.89. The van der Waals surface area contributed by atoms with Gasteiger partial charge in [-0.2, -0.15) is 0 Å². The molecular formula is C14H19N3O2S. The van der Waals surface area contributed by atoms with Crippen molar-refractivity contribution in [3.8, 4) is 0 Å². The zero-order chi connectivity index (χ0) is 14.5. The number of aromatic nitrogens is 2. The van der Waals surface area contributed by atoms with Crippen molar-refractivity contribution < 1.29 is 9.21 Å². The summed E-state index contributed by atoms with van der Waals surface area (Å²) in [5.41, 5.74) is 0. The van der Waals surface area contributed by atoms with E-state index in [4.69, 9.17) is 4.42 Å². The molecule has 6 heteroatoms. The topological polar surface area (TPSA) is 68.0 Å². The molecule has 0 radical (unpaired) electrons. The summed E-state index contributed by atoms with van der Waals surface area (Å²) in [6.45, 7) is 5.94. The smallest absolute Gasteiger partial charge is 0.238 e. The largest absolute Gasteiger partial charge is 0.423 e. The van der Waals surface area contributed by atoms with E-state index >= 15 is 0 Å². The third-order valence-corrected chi connectivity index (χ3v) is 3.67. The van der Waals surface area contributed by atoms with Crippen LogP contribution in [0.15, 0.2) is 21.9 Å². The molecule has 2 aromatic rings. The van der Waals surface area contributed by atoms with E-state index in [2.05, 4.69) is 29.4 Å². The fourth-order valence-corrected chi connectivity index (χ4v) is 2.67. The van der Waals surface area contributed by atoms with E-state index in [1.54, 1.807) is 18.3 Å². The van der Waals surface area contributed by atoms with Gasteiger partial charge in [0.2, 0.25) is 17.7 Å². The SMILES string of the molecule is Cc1nnc(C(CC(C)C)NC(=O)Cc2cccs2)o1. The van der Waals surface area contributed by atoms with E-state index in [1.165, 1.54) is 0 Å². The zero-order valence-electron chi connectivity index (χ0n) is 11.9. The van der Waals surface area contributed by atoms with Gasteiger partial charge in [0, 0.05) is 11.8 Å². The molecule has 0 aliphatic rings. The molecule has 1 amide bonds. The average Bonchev–Trinajstić information content (AvgIpc) is 2.99. The van der Waals surface area contributed by atoms with E-state index < -0.39 is 0 Å². The minimum atomic E-state index is -0.219. The summed E-state index contributed by atoms with van der Waals surface area (Å²) in [7, 11) is 0. The summed E-state index contributed by atoms with van der Waals surface area (Å²) in [6.07, 6.45) is 1.16. The Morgan fingerprint density at radius 1 is 1.45 bits per heavy atom. The van der Waals surface area contributed by atoms with Crippen molar-refractivity contribution in [2.24, 2.45) is 5.92 Å². The number of aryl methyl sites for hydroxylation is 1. The quantitative estimate of drug-likeness (QED) is 0.889. The van der Waals surface area contributed by atoms with Crippen LogP contribution in [0.3, 0.4) is 0 Å². The molecule has 1 atom stereocenters. The first-order valence-electron chi connectivity index (χ1n) is 6.66. The van der Waals surface area contributed by atoms with Crippen LogP contribution in [0, 0.1) is 12.8 Å². The number of hydrogen-bond acceptors (Lipinski definition) is 5. The second-order valence-electron chi connectivity index (χ2n) is 5.17. The van der Waals surface area contributed by atoms with E-state index in [0.717, 1.165) is 11.3 Å². The number of thiophene rings is 1. The minimum Gasteiger partial charge on any atom is -0.423 e. The Morgan fingerprint density at radius 3 is 2.80 bits per heavy atom. The highest BCUT2D eigenvalue weighted by Gasteiger charge is 2.21. The Kier molecular flexibility index (Phi) is 4.89. The highest BCUT2D eigenvalue weighted by atomic mass is 32.1. The summed E-state index contributed by atoms with van der Waals surface area (Å²) in [4.78, 5) is 13.1. The number of rotatable bonds is 6. The highest BCUT2D eigenvalue weighted by molar-refractivity contribution is 7.10. The van der Waals surface area contributed by atoms with Crippen LogP contribution in [-0.4, -0.2) is 16.1 Å². The molecule has 0 aromatic carbocycles. The number of amides is 1. The third-order valence-electron chi connectivity index (χ3n) is 2.80. The molecule has 20 heavy (non-hydrogen) atoms. The minimum absolute atomic E-state index is 0.0195. The average molecular weight is 293 g/mol. The number of carbonyl (C=O) groups is 1. The Hall–Kier alpha value is -1.69. The maximum atomic E-state index is 12.1. The lowest BCUT2D eigenvalue weighted by Gasteiger charge is -2.17. The molecule has 0 aliphatic heterocycles. The van der Waals surface area contributed by atoms with Gasteiger partial charge < -0.3 is 9.73 Å². The van der Waals surface area contributed by atoms with Gasteiger partial charge in [0.1, 0.15) is 6.04 Å². The van der Waals surface area contributed by atoms with Crippen LogP contribution < -0.4 is 5.32 Å². The van der Waals surface area contributed by atoms with E-state index in [-0.39, 0.29) is 11.9 Å². The van der Waals surface area contributed by atoms with Gasteiger partial charge in [0.15, 0.2) is 0 Å². The van der Waals surface area contributed by atoms with Crippen LogP contribution in [-0.2, 0) is 11.2 Å². The number of carbonyl (C=O) groups excluding carboxylic acids is 1. The summed E-state index contributed by atoms with van der Waals surface area (Å²) >= 11 is 1.58. The standard InChI is InChI=1S/C14H19N3O2S/c1-9(2)7-12(14-17-16-10(3)19-14)15-13(18)8-11-5-4-6-20-11/h4-6,9,12H,7-8H2,1-3H3,(H,15,18). The van der Waals surface area contributed by atoms with Crippen molar-refractivity contribution >= 4 is 17.2 Å². The van der Waals surface area contributed by atoms with Crippen LogP contribution >= 0.6 is 11.3 Å². The summed E-state index contributed by atoms with van der Waals surface area (Å²) in [5.74, 6) is 1.40. The molecule has 2 aromatic heterocycles. The second-order valence-corrected chi connectivity index (χ2v) is 6.20. The summed E-state index contributed by atoms with van der Waals surface area (Å²) in [6, 6.07) is 3.68. The number of nitrogens with one attached hydrogen (secondary N) is 1. The maximum Gasteiger partial charge on any atom is 0.238 e. The molecule has 0 bridgehead atoms. The highest BCUT2D eigenvalue weighted by Crippen LogP contribution is 2.20. The molecule has 2 rings (SSSR count). The van der Waals surface area contributed by atoms with Crippen LogP contribution in [0.4, 0.5) is 0 Å². The normalized spacial score (nSPS) is 12.6. The molecule has 0 spiro atoms. The van der Waals surface area contributed by atoms with E-state index in [9.17, 15) is 4.79 Å². The molecule has 0 aliphatic carbocycles. The lowest BCUT2D eigenvalue weighted by molar-refractivity contribution is -0.121. The molecule has 0 saturated carbocycles. The van der Waals surface area contributed by atoms with Gasteiger partial charge >= 0.3 is 0 Å². The molecule has 5 nitrogen and oxygen atoms in total. The summed E-state index contributed by atoms with van der Waals surface area (Å²) < 4.78 is 5.45. The van der Waals surface area contributed by atoms with Gasteiger partial charge in [-0.25, -0.2) is 0 Å². The monoisotopic (exact) mass is 293 g/mol. The predicted molar refractivity (Wildman–Crippen MR) is 77.4 cm³/mol. The van der Waals surface area contributed by atoms with Crippen molar-refractivity contribution in [2.75, 3.05) is 0 Å². The van der Waals surface area contributed by atoms with E-state index in [1.807, 2.05) is 17.5 Å². The molecule has 108 valence electrons. The fourth-order valence-electron chi connectivity index (χ4n) is 1.96. The fraction of sp³-hybridized carbons (Fsp3) is 0.500. The van der Waals surface area contributed by atoms with Gasteiger partial charge in [-0.1, -0.05) is 19.9 Å². The van der Waals surface area contributed by atoms with Gasteiger partial charge in [0.05, 0.1) is 6.42 Å². The van der Waals surface area contributed by atoms with Crippen molar-refractivity contribution in [2.45, 2.75) is 39.7 Å². The third kappa shape index (κ3) is 4.16. The van der Waals surface area contributed by atoms with Crippen LogP contribution in [0.5, 0.6) is 0 Å². The lowest BCUT2D eigenvalue weighted by Crippen LogP contribution is -2.30. The Bertz CT molecular complexity index is 549. The summed E-state index contributed by atoms with van der Waals surface area (Å²) in [5, 5.41) is 12.8. The van der Waals surface area contributed by atoms with Crippen LogP contribution in [0.25, 0.3) is 0 Å². The maximum absolute atomic E-state index is 12.1. The molecule has 2 heterocycles. The Morgan fingerprint density at radius 2 is 2.25 bits per heavy atom. The van der Waals surface area contributed by atoms with Gasteiger partial charge in [0.25, 0.3) is 0 Å². The molecular weight excluding hydrogens is 274 g/mol. The van der Waals surface area contributed by atoms with Gasteiger partial charge in [-0.15, -0.1) is 21.5 Å². The van der Waals surface area contributed by atoms with Gasteiger partial charge in [-0.05, 0) is 23.8 Å². The van der Waals surface area contributed by atoms with Crippen molar-refractivity contribution in [3.63, 3.8) is 0 Å². The molecule has 1 N–H and O–H groups in total. The van der Waals surface area contributed by atoms with Gasteiger partial charge in [-0.3, -0.25) is 4.79 Å². The van der Waals surface area contributed by atoms with Crippen molar-refractivity contribution in [1.82, 2.24) is 15.5 Å². The van der Waals surface area contributed by atoms with Crippen molar-refractivity contribution in [3.05, 3.63) is 34.2 Å². The first kappa shape index (κ1) is 14.7. The van der Waals surface area contributed by atoms with Crippen molar-refractivity contribution in [1.29, 1.82) is 0 Å². The van der Waals surface area contributed by atoms with E-state index in [0.29, 0.717) is 24.1 Å².